The van der Waals surface area contributed by atoms with E-state index in [-0.39, 0.29) is 42.0 Å². The van der Waals surface area contributed by atoms with E-state index in [1.54, 1.807) is 44.2 Å². The molecule has 0 saturated heterocycles. The molecule has 4 rings (SSSR count). The van der Waals surface area contributed by atoms with Gasteiger partial charge in [0.25, 0.3) is 11.8 Å². The Hall–Kier alpha value is -3.56. The van der Waals surface area contributed by atoms with Gasteiger partial charge in [-0.3, -0.25) is 19.3 Å². The number of anilines is 1. The van der Waals surface area contributed by atoms with Crippen LogP contribution in [0.15, 0.2) is 53.4 Å². The van der Waals surface area contributed by atoms with Crippen molar-refractivity contribution in [3.05, 3.63) is 70.8 Å². The maximum atomic E-state index is 13.0. The third-order valence-corrected chi connectivity index (χ3v) is 8.13. The SMILES string of the molecule is Cc1cc(S(=O)(=O)N(C)C)cc(NC(=O)CCCN2C(=O)c3cccc4cccc(c34)C2=O)c1C. The lowest BCUT2D eigenvalue weighted by molar-refractivity contribution is -0.116. The van der Waals surface area contributed by atoms with Gasteiger partial charge in [0.1, 0.15) is 0 Å². The molecule has 9 heteroatoms. The Bertz CT molecular complexity index is 1430. The highest BCUT2D eigenvalue weighted by atomic mass is 32.2. The number of carbonyl (C=O) groups excluding carboxylic acids is 3. The average molecular weight is 494 g/mol. The second kappa shape index (κ2) is 9.24. The first-order valence-corrected chi connectivity index (χ1v) is 12.7. The summed E-state index contributed by atoms with van der Waals surface area (Å²) >= 11 is 0. The predicted molar refractivity (Wildman–Crippen MR) is 134 cm³/mol. The van der Waals surface area contributed by atoms with E-state index in [9.17, 15) is 22.8 Å². The molecule has 1 aliphatic heterocycles. The van der Waals surface area contributed by atoms with Gasteiger partial charge in [-0.2, -0.15) is 0 Å². The summed E-state index contributed by atoms with van der Waals surface area (Å²) in [5.41, 5.74) is 2.88. The fourth-order valence-electron chi connectivity index (χ4n) is 4.21. The van der Waals surface area contributed by atoms with Crippen molar-refractivity contribution in [2.45, 2.75) is 31.6 Å². The highest BCUT2D eigenvalue weighted by Gasteiger charge is 2.32. The molecule has 3 amide bonds. The first-order chi connectivity index (χ1) is 16.5. The van der Waals surface area contributed by atoms with E-state index in [4.69, 9.17) is 0 Å². The van der Waals surface area contributed by atoms with Gasteiger partial charge < -0.3 is 5.32 Å². The van der Waals surface area contributed by atoms with Crippen LogP contribution in [0.25, 0.3) is 10.8 Å². The van der Waals surface area contributed by atoms with Gasteiger partial charge in [-0.1, -0.05) is 24.3 Å². The number of carbonyl (C=O) groups is 3. The predicted octanol–water partition coefficient (Wildman–Crippen LogP) is 3.72. The molecule has 0 radical (unpaired) electrons. The number of nitrogens with zero attached hydrogens (tertiary/aromatic N) is 2. The molecule has 0 atom stereocenters. The number of benzene rings is 3. The summed E-state index contributed by atoms with van der Waals surface area (Å²) in [7, 11) is -0.760. The minimum Gasteiger partial charge on any atom is -0.326 e. The van der Waals surface area contributed by atoms with Crippen molar-refractivity contribution in [3.8, 4) is 0 Å². The molecule has 182 valence electrons. The van der Waals surface area contributed by atoms with E-state index in [0.717, 1.165) is 20.8 Å². The van der Waals surface area contributed by atoms with Crippen molar-refractivity contribution in [3.63, 3.8) is 0 Å². The van der Waals surface area contributed by atoms with Crippen molar-refractivity contribution >= 4 is 44.2 Å². The standard InChI is InChI=1S/C26H27N3O5S/c1-16-14-19(35(33,34)28(3)4)15-22(17(16)2)27-23(30)12-7-13-29-25(31)20-10-5-8-18-9-6-11-21(24(18)20)26(29)32/h5-6,8-11,14-15H,7,12-13H2,1-4H3,(H,27,30). The van der Waals surface area contributed by atoms with Crippen LogP contribution in [-0.4, -0.2) is 56.0 Å². The van der Waals surface area contributed by atoms with E-state index in [2.05, 4.69) is 5.32 Å². The third kappa shape index (κ3) is 4.44. The molecule has 0 saturated carbocycles. The first kappa shape index (κ1) is 24.6. The second-order valence-corrected chi connectivity index (χ2v) is 11.0. The molecule has 0 aliphatic carbocycles. The molecule has 0 bridgehead atoms. The molecular weight excluding hydrogens is 466 g/mol. The molecule has 0 unspecified atom stereocenters. The number of hydrogen-bond acceptors (Lipinski definition) is 5. The number of amides is 3. The van der Waals surface area contributed by atoms with Crippen LogP contribution in [0, 0.1) is 13.8 Å². The minimum absolute atomic E-state index is 0.0616. The highest BCUT2D eigenvalue weighted by Crippen LogP contribution is 2.30. The zero-order chi connectivity index (χ0) is 25.5. The molecule has 8 nitrogen and oxygen atoms in total. The number of nitrogens with one attached hydrogen (secondary N) is 1. The Labute approximate surface area is 204 Å². The van der Waals surface area contributed by atoms with Crippen molar-refractivity contribution in [1.82, 2.24) is 9.21 Å². The van der Waals surface area contributed by atoms with Gasteiger partial charge in [0.05, 0.1) is 4.90 Å². The lowest BCUT2D eigenvalue weighted by Gasteiger charge is -2.27. The summed E-state index contributed by atoms with van der Waals surface area (Å²) in [4.78, 5) is 39.9. The molecule has 1 N–H and O–H groups in total. The van der Waals surface area contributed by atoms with Gasteiger partial charge in [0, 0.05) is 49.3 Å². The highest BCUT2D eigenvalue weighted by molar-refractivity contribution is 7.89. The molecule has 0 aromatic heterocycles. The molecule has 3 aromatic carbocycles. The van der Waals surface area contributed by atoms with Crippen molar-refractivity contribution in [2.75, 3.05) is 26.0 Å². The molecule has 3 aromatic rings. The van der Waals surface area contributed by atoms with E-state index >= 15 is 0 Å². The number of rotatable bonds is 7. The molecule has 0 spiro atoms. The number of hydrogen-bond donors (Lipinski definition) is 1. The largest absolute Gasteiger partial charge is 0.326 e. The first-order valence-electron chi connectivity index (χ1n) is 11.2. The molecular formula is C26H27N3O5S. The monoisotopic (exact) mass is 493 g/mol. The summed E-state index contributed by atoms with van der Waals surface area (Å²) in [6, 6.07) is 13.7. The Morgan fingerprint density at radius 1 is 0.971 bits per heavy atom. The Morgan fingerprint density at radius 2 is 1.57 bits per heavy atom. The van der Waals surface area contributed by atoms with Crippen molar-refractivity contribution in [1.29, 1.82) is 0 Å². The van der Waals surface area contributed by atoms with Crippen LogP contribution < -0.4 is 5.32 Å². The second-order valence-electron chi connectivity index (χ2n) is 8.82. The Balaban J connectivity index is 1.46. The van der Waals surface area contributed by atoms with Gasteiger partial charge >= 0.3 is 0 Å². The van der Waals surface area contributed by atoms with Crippen LogP contribution in [0.2, 0.25) is 0 Å². The lowest BCUT2D eigenvalue weighted by Crippen LogP contribution is -2.41. The van der Waals surface area contributed by atoms with E-state index < -0.39 is 10.0 Å². The van der Waals surface area contributed by atoms with Gasteiger partial charge in [-0.15, -0.1) is 0 Å². The van der Waals surface area contributed by atoms with Crippen LogP contribution in [0.3, 0.4) is 0 Å². The molecule has 1 heterocycles. The summed E-state index contributed by atoms with van der Waals surface area (Å²) < 4.78 is 26.2. The molecule has 35 heavy (non-hydrogen) atoms. The fraction of sp³-hybridized carbons (Fsp3) is 0.269. The topological polar surface area (TPSA) is 104 Å². The quantitative estimate of drug-likeness (QED) is 0.505. The van der Waals surface area contributed by atoms with E-state index in [1.165, 1.54) is 25.1 Å². The summed E-state index contributed by atoms with van der Waals surface area (Å²) in [6.45, 7) is 3.69. The van der Waals surface area contributed by atoms with Crippen molar-refractivity contribution < 1.29 is 22.8 Å². The molecule has 1 aliphatic rings. The van der Waals surface area contributed by atoms with Gasteiger partial charge in [0.15, 0.2) is 0 Å². The van der Waals surface area contributed by atoms with Crippen LogP contribution in [0.5, 0.6) is 0 Å². The van der Waals surface area contributed by atoms with Crippen LogP contribution in [-0.2, 0) is 14.8 Å². The Kier molecular flexibility index (Phi) is 6.48. The van der Waals surface area contributed by atoms with Gasteiger partial charge in [-0.25, -0.2) is 12.7 Å². The number of imide groups is 1. The van der Waals surface area contributed by atoms with Gasteiger partial charge in [0.2, 0.25) is 15.9 Å². The van der Waals surface area contributed by atoms with Crippen LogP contribution in [0.4, 0.5) is 5.69 Å². The zero-order valence-electron chi connectivity index (χ0n) is 20.1. The normalized spacial score (nSPS) is 13.6. The summed E-state index contributed by atoms with van der Waals surface area (Å²) in [5.74, 6) is -1.06. The minimum atomic E-state index is -3.66. The van der Waals surface area contributed by atoms with Crippen LogP contribution in [0.1, 0.15) is 44.7 Å². The van der Waals surface area contributed by atoms with E-state index in [1.807, 2.05) is 12.1 Å². The average Bonchev–Trinajstić information content (AvgIpc) is 2.82. The summed E-state index contributed by atoms with van der Waals surface area (Å²) in [6.07, 6.45) is 0.335. The molecule has 0 fully saturated rings. The zero-order valence-corrected chi connectivity index (χ0v) is 20.9. The Morgan fingerprint density at radius 3 is 2.14 bits per heavy atom. The van der Waals surface area contributed by atoms with Crippen LogP contribution >= 0.6 is 0 Å². The smallest absolute Gasteiger partial charge is 0.261 e. The summed E-state index contributed by atoms with van der Waals surface area (Å²) in [5, 5.41) is 4.29. The van der Waals surface area contributed by atoms with Gasteiger partial charge in [-0.05, 0) is 61.0 Å². The number of sulfonamides is 1. The van der Waals surface area contributed by atoms with Crippen molar-refractivity contribution in [2.24, 2.45) is 0 Å². The lowest BCUT2D eigenvalue weighted by atomic mass is 9.94. The maximum absolute atomic E-state index is 13.0. The van der Waals surface area contributed by atoms with E-state index in [0.29, 0.717) is 22.2 Å². The maximum Gasteiger partial charge on any atom is 0.261 e. The third-order valence-electron chi connectivity index (χ3n) is 6.33. The number of aryl methyl sites for hydroxylation is 1. The fourth-order valence-corrected chi connectivity index (χ4v) is 5.22.